The third-order valence-corrected chi connectivity index (χ3v) is 2.61. The van der Waals surface area contributed by atoms with Crippen molar-refractivity contribution >= 4 is 17.6 Å². The van der Waals surface area contributed by atoms with E-state index in [2.05, 4.69) is 11.9 Å². The number of hydrogen-bond donors (Lipinski definition) is 1. The number of rotatable bonds is 5. The van der Waals surface area contributed by atoms with E-state index in [0.717, 1.165) is 24.4 Å². The fraction of sp³-hybridized carbons (Fsp3) is 0.600. The number of hydrogen-bond acceptors (Lipinski definition) is 2. The van der Waals surface area contributed by atoms with Crippen LogP contribution in [0.5, 0.6) is 0 Å². The Bertz CT molecular complexity index is 361. The first-order valence-corrected chi connectivity index (χ1v) is 5.35. The van der Waals surface area contributed by atoms with Crippen molar-refractivity contribution in [2.75, 3.05) is 0 Å². The summed E-state index contributed by atoms with van der Waals surface area (Å²) in [6, 6.07) is 0. The first kappa shape index (κ1) is 12.0. The molecule has 0 spiro atoms. The summed E-state index contributed by atoms with van der Waals surface area (Å²) in [5.41, 5.74) is 0.808. The van der Waals surface area contributed by atoms with Gasteiger partial charge in [-0.1, -0.05) is 18.5 Å². The Kier molecular flexibility index (Phi) is 4.15. The minimum atomic E-state index is -0.815. The third-order valence-electron chi connectivity index (χ3n) is 2.31. The lowest BCUT2D eigenvalue weighted by Gasteiger charge is -2.03. The molecule has 84 valence electrons. The molecule has 1 N–H and O–H groups in total. The Labute approximate surface area is 93.9 Å². The van der Waals surface area contributed by atoms with E-state index < -0.39 is 5.97 Å². The maximum Gasteiger partial charge on any atom is 0.303 e. The largest absolute Gasteiger partial charge is 0.481 e. The summed E-state index contributed by atoms with van der Waals surface area (Å²) in [6.07, 6.45) is 2.38. The lowest BCUT2D eigenvalue weighted by atomic mass is 10.2. The number of carbonyl (C=O) groups is 1. The molecular formula is C10H15ClN2O2. The quantitative estimate of drug-likeness (QED) is 0.842. The first-order chi connectivity index (χ1) is 7.06. The van der Waals surface area contributed by atoms with Crippen LogP contribution >= 0.6 is 11.6 Å². The number of aryl methyl sites for hydroxylation is 1. The van der Waals surface area contributed by atoms with Gasteiger partial charge in [-0.05, 0) is 6.42 Å². The monoisotopic (exact) mass is 230 g/mol. The number of imidazole rings is 1. The molecule has 0 aliphatic rings. The number of aromatic nitrogens is 2. The van der Waals surface area contributed by atoms with Gasteiger partial charge < -0.3 is 9.67 Å². The van der Waals surface area contributed by atoms with Crippen molar-refractivity contribution < 1.29 is 9.90 Å². The van der Waals surface area contributed by atoms with Gasteiger partial charge in [0.2, 0.25) is 0 Å². The predicted molar refractivity (Wildman–Crippen MR) is 58.2 cm³/mol. The molecule has 0 aliphatic heterocycles. The average Bonchev–Trinajstić information content (AvgIpc) is 2.40. The molecule has 4 nitrogen and oxygen atoms in total. The standard InChI is InChI=1S/C10H15ClN2O2/c1-3-4-8-12-10(11)7(13(8)2)5-6-9(14)15/h3-6H2,1-2H3,(H,14,15). The highest BCUT2D eigenvalue weighted by Crippen LogP contribution is 2.18. The average molecular weight is 231 g/mol. The first-order valence-electron chi connectivity index (χ1n) is 4.98. The van der Waals surface area contributed by atoms with Crippen LogP contribution in [0.2, 0.25) is 5.15 Å². The van der Waals surface area contributed by atoms with Crippen LogP contribution in [0.25, 0.3) is 0 Å². The van der Waals surface area contributed by atoms with Crippen LogP contribution in [0, 0.1) is 0 Å². The number of carboxylic acids is 1. The van der Waals surface area contributed by atoms with Gasteiger partial charge in [0.15, 0.2) is 5.15 Å². The van der Waals surface area contributed by atoms with E-state index in [1.54, 1.807) is 0 Å². The van der Waals surface area contributed by atoms with Crippen LogP contribution < -0.4 is 0 Å². The van der Waals surface area contributed by atoms with Gasteiger partial charge in [-0.3, -0.25) is 4.79 Å². The van der Waals surface area contributed by atoms with Gasteiger partial charge in [0.1, 0.15) is 5.82 Å². The van der Waals surface area contributed by atoms with Crippen LogP contribution in [0.4, 0.5) is 0 Å². The minimum absolute atomic E-state index is 0.0881. The molecule has 0 aliphatic carbocycles. The van der Waals surface area contributed by atoms with Crippen molar-refractivity contribution in [3.63, 3.8) is 0 Å². The van der Waals surface area contributed by atoms with Gasteiger partial charge in [-0.25, -0.2) is 4.98 Å². The van der Waals surface area contributed by atoms with Gasteiger partial charge in [0, 0.05) is 19.9 Å². The number of nitrogens with zero attached hydrogens (tertiary/aromatic N) is 2. The van der Waals surface area contributed by atoms with Gasteiger partial charge in [0.05, 0.1) is 12.1 Å². The molecule has 0 saturated heterocycles. The summed E-state index contributed by atoms with van der Waals surface area (Å²) in [5, 5.41) is 9.03. The summed E-state index contributed by atoms with van der Waals surface area (Å²) >= 11 is 5.94. The molecule has 15 heavy (non-hydrogen) atoms. The topological polar surface area (TPSA) is 55.1 Å². The van der Waals surface area contributed by atoms with Gasteiger partial charge in [-0.15, -0.1) is 0 Å². The number of aliphatic carboxylic acids is 1. The molecular weight excluding hydrogens is 216 g/mol. The second kappa shape index (κ2) is 5.16. The highest BCUT2D eigenvalue weighted by molar-refractivity contribution is 6.30. The minimum Gasteiger partial charge on any atom is -0.481 e. The SMILES string of the molecule is CCCc1nc(Cl)c(CCC(=O)O)n1C. The molecule has 0 radical (unpaired) electrons. The lowest BCUT2D eigenvalue weighted by molar-refractivity contribution is -0.136. The van der Waals surface area contributed by atoms with Crippen LogP contribution in [0.1, 0.15) is 31.3 Å². The van der Waals surface area contributed by atoms with E-state index in [1.807, 2.05) is 11.6 Å². The van der Waals surface area contributed by atoms with Gasteiger partial charge >= 0.3 is 5.97 Å². The normalized spacial score (nSPS) is 10.6. The van der Waals surface area contributed by atoms with E-state index in [0.29, 0.717) is 11.6 Å². The molecule has 0 unspecified atom stereocenters. The Morgan fingerprint density at radius 3 is 2.73 bits per heavy atom. The molecule has 0 atom stereocenters. The number of halogens is 1. The summed E-state index contributed by atoms with van der Waals surface area (Å²) in [4.78, 5) is 14.7. The van der Waals surface area contributed by atoms with Crippen molar-refractivity contribution in [3.05, 3.63) is 16.7 Å². The van der Waals surface area contributed by atoms with E-state index in [-0.39, 0.29) is 6.42 Å². The Morgan fingerprint density at radius 2 is 2.20 bits per heavy atom. The van der Waals surface area contributed by atoms with Crippen LogP contribution in [0.3, 0.4) is 0 Å². The van der Waals surface area contributed by atoms with Crippen molar-refractivity contribution in [3.8, 4) is 0 Å². The molecule has 0 amide bonds. The smallest absolute Gasteiger partial charge is 0.303 e. The Hall–Kier alpha value is -1.03. The Morgan fingerprint density at radius 1 is 1.53 bits per heavy atom. The fourth-order valence-electron chi connectivity index (χ4n) is 1.49. The van der Waals surface area contributed by atoms with Crippen molar-refractivity contribution in [2.45, 2.75) is 32.6 Å². The molecule has 1 heterocycles. The molecule has 0 saturated carbocycles. The zero-order valence-electron chi connectivity index (χ0n) is 8.96. The summed E-state index contributed by atoms with van der Waals surface area (Å²) in [6.45, 7) is 2.07. The molecule has 1 rings (SSSR count). The Balaban J connectivity index is 2.82. The lowest BCUT2D eigenvalue weighted by Crippen LogP contribution is -2.05. The summed E-state index contributed by atoms with van der Waals surface area (Å²) in [5.74, 6) is 0.104. The second-order valence-corrected chi connectivity index (χ2v) is 3.83. The van der Waals surface area contributed by atoms with Crippen molar-refractivity contribution in [1.29, 1.82) is 0 Å². The van der Waals surface area contributed by atoms with Crippen LogP contribution in [0.15, 0.2) is 0 Å². The van der Waals surface area contributed by atoms with Crippen LogP contribution in [-0.4, -0.2) is 20.6 Å². The molecule has 5 heteroatoms. The van der Waals surface area contributed by atoms with E-state index in [9.17, 15) is 4.79 Å². The van der Waals surface area contributed by atoms with Gasteiger partial charge in [0.25, 0.3) is 0 Å². The second-order valence-electron chi connectivity index (χ2n) is 3.47. The summed E-state index contributed by atoms with van der Waals surface area (Å²) in [7, 11) is 1.88. The fourth-order valence-corrected chi connectivity index (χ4v) is 1.81. The van der Waals surface area contributed by atoms with Crippen molar-refractivity contribution in [1.82, 2.24) is 9.55 Å². The van der Waals surface area contributed by atoms with Crippen molar-refractivity contribution in [2.24, 2.45) is 7.05 Å². The zero-order valence-corrected chi connectivity index (χ0v) is 9.71. The maximum atomic E-state index is 10.5. The third kappa shape index (κ3) is 2.96. The number of carboxylic acid groups (broad SMARTS) is 1. The van der Waals surface area contributed by atoms with Gasteiger partial charge in [-0.2, -0.15) is 0 Å². The zero-order chi connectivity index (χ0) is 11.4. The molecule has 0 aromatic carbocycles. The predicted octanol–water partition coefficient (Wildman–Crippen LogP) is 2.04. The molecule has 0 bridgehead atoms. The van der Waals surface area contributed by atoms with E-state index in [1.165, 1.54) is 0 Å². The highest BCUT2D eigenvalue weighted by Gasteiger charge is 2.13. The van der Waals surface area contributed by atoms with E-state index in [4.69, 9.17) is 16.7 Å². The molecule has 0 fully saturated rings. The molecule has 1 aromatic rings. The van der Waals surface area contributed by atoms with Crippen LogP contribution in [-0.2, 0) is 24.7 Å². The maximum absolute atomic E-state index is 10.5. The van der Waals surface area contributed by atoms with E-state index >= 15 is 0 Å². The molecule has 1 aromatic heterocycles. The highest BCUT2D eigenvalue weighted by atomic mass is 35.5. The summed E-state index contributed by atoms with van der Waals surface area (Å²) < 4.78 is 1.90.